The SMILES string of the molecule is Op1oc2cc(CCc3ccccc3)c3cc(CCc4ccccc4)ccc3c2c2c(cc(CCc3ccccc3)c3cc(CCc4ccccc4)ccc32)o1. The molecule has 8 aromatic carbocycles. The second-order valence-corrected chi connectivity index (χ2v) is 15.8. The average molecular weight is 749 g/mol. The predicted molar refractivity (Wildman–Crippen MR) is 234 cm³/mol. The first-order chi connectivity index (χ1) is 27.6. The van der Waals surface area contributed by atoms with Crippen molar-refractivity contribution in [2.45, 2.75) is 51.4 Å². The number of benzene rings is 8. The molecule has 4 heteroatoms. The van der Waals surface area contributed by atoms with Crippen molar-refractivity contribution in [1.29, 1.82) is 0 Å². The van der Waals surface area contributed by atoms with Gasteiger partial charge in [-0.05, 0) is 130 Å². The van der Waals surface area contributed by atoms with Gasteiger partial charge in [0.1, 0.15) is 11.2 Å². The van der Waals surface area contributed by atoms with Crippen LogP contribution in [0.1, 0.15) is 44.5 Å². The molecule has 1 N–H and O–H groups in total. The van der Waals surface area contributed by atoms with Crippen LogP contribution in [0, 0.1) is 0 Å². The van der Waals surface area contributed by atoms with Crippen LogP contribution in [0.2, 0.25) is 0 Å². The largest absolute Gasteiger partial charge is 0.399 e. The van der Waals surface area contributed by atoms with Crippen LogP contribution in [0.3, 0.4) is 0 Å². The predicted octanol–water partition coefficient (Wildman–Crippen LogP) is 13.5. The lowest BCUT2D eigenvalue weighted by atomic mass is 9.89. The Morgan fingerprint density at radius 1 is 0.321 bits per heavy atom. The van der Waals surface area contributed by atoms with Crippen molar-refractivity contribution in [2.75, 3.05) is 0 Å². The summed E-state index contributed by atoms with van der Waals surface area (Å²) in [5.74, 6) is 0. The molecule has 0 saturated carbocycles. The molecule has 0 amide bonds. The highest BCUT2D eigenvalue weighted by molar-refractivity contribution is 7.30. The van der Waals surface area contributed by atoms with Crippen LogP contribution in [0.25, 0.3) is 43.5 Å². The Labute approximate surface area is 329 Å². The van der Waals surface area contributed by atoms with Crippen molar-refractivity contribution in [3.8, 4) is 0 Å². The van der Waals surface area contributed by atoms with Crippen molar-refractivity contribution in [1.82, 2.24) is 0 Å². The Bertz CT molecular complexity index is 2600. The van der Waals surface area contributed by atoms with E-state index in [0.29, 0.717) is 11.2 Å². The molecule has 276 valence electrons. The third-order valence-corrected chi connectivity index (χ3v) is 12.0. The highest BCUT2D eigenvalue weighted by Gasteiger charge is 2.18. The summed E-state index contributed by atoms with van der Waals surface area (Å²) < 4.78 is 12.8. The lowest BCUT2D eigenvalue weighted by Crippen LogP contribution is -1.97. The van der Waals surface area contributed by atoms with Gasteiger partial charge in [0.2, 0.25) is 0 Å². The van der Waals surface area contributed by atoms with Gasteiger partial charge in [0.25, 0.3) is 0 Å². The average Bonchev–Trinajstić information content (AvgIpc) is 3.39. The van der Waals surface area contributed by atoms with E-state index in [0.717, 1.165) is 72.9 Å². The summed E-state index contributed by atoms with van der Waals surface area (Å²) in [6.45, 7) is 0. The van der Waals surface area contributed by atoms with Crippen molar-refractivity contribution in [2.24, 2.45) is 0 Å². The molecule has 0 saturated heterocycles. The molecule has 1 aromatic heterocycles. The van der Waals surface area contributed by atoms with E-state index >= 15 is 0 Å². The minimum Gasteiger partial charge on any atom is -0.399 e. The first kappa shape index (κ1) is 35.8. The van der Waals surface area contributed by atoms with Crippen molar-refractivity contribution in [3.05, 3.63) is 214 Å². The van der Waals surface area contributed by atoms with Crippen LogP contribution in [0.4, 0.5) is 0 Å². The van der Waals surface area contributed by atoms with Crippen LogP contribution in [0.5, 0.6) is 0 Å². The Kier molecular flexibility index (Phi) is 10.5. The lowest BCUT2D eigenvalue weighted by molar-refractivity contribution is 0.495. The van der Waals surface area contributed by atoms with Gasteiger partial charge in [0.15, 0.2) is 0 Å². The number of aryl methyl sites for hydroxylation is 8. The van der Waals surface area contributed by atoms with Crippen molar-refractivity contribution < 1.29 is 13.3 Å². The van der Waals surface area contributed by atoms with Crippen LogP contribution in [-0.4, -0.2) is 4.89 Å². The molecule has 9 rings (SSSR count). The Morgan fingerprint density at radius 2 is 0.643 bits per heavy atom. The summed E-state index contributed by atoms with van der Waals surface area (Å²) in [7, 11) is -2.21. The molecule has 0 spiro atoms. The third kappa shape index (κ3) is 7.93. The van der Waals surface area contributed by atoms with Crippen molar-refractivity contribution >= 4 is 51.7 Å². The minimum atomic E-state index is -2.21. The van der Waals surface area contributed by atoms with E-state index in [1.54, 1.807) is 0 Å². The van der Waals surface area contributed by atoms with E-state index in [9.17, 15) is 4.89 Å². The van der Waals surface area contributed by atoms with Gasteiger partial charge in [0.05, 0.1) is 0 Å². The quantitative estimate of drug-likeness (QED) is 0.135. The van der Waals surface area contributed by atoms with Gasteiger partial charge in [0, 0.05) is 10.8 Å². The molecule has 0 fully saturated rings. The molecular weight excluding hydrogens is 704 g/mol. The second kappa shape index (κ2) is 16.5. The molecule has 0 aliphatic heterocycles. The van der Waals surface area contributed by atoms with Gasteiger partial charge in [-0.15, -0.1) is 0 Å². The third-order valence-electron chi connectivity index (χ3n) is 11.2. The van der Waals surface area contributed by atoms with Crippen molar-refractivity contribution in [3.63, 3.8) is 0 Å². The topological polar surface area (TPSA) is 46.5 Å². The van der Waals surface area contributed by atoms with Gasteiger partial charge >= 0.3 is 8.24 Å². The molecule has 0 atom stereocenters. The van der Waals surface area contributed by atoms with E-state index in [1.807, 2.05) is 0 Å². The number of hydrogen-bond donors (Lipinski definition) is 1. The Balaban J connectivity index is 1.24. The number of hydrogen-bond acceptors (Lipinski definition) is 3. The summed E-state index contributed by atoms with van der Waals surface area (Å²) >= 11 is 0. The van der Waals surface area contributed by atoms with E-state index in [1.165, 1.54) is 55.3 Å². The van der Waals surface area contributed by atoms with E-state index in [2.05, 4.69) is 170 Å². The summed E-state index contributed by atoms with van der Waals surface area (Å²) in [5.41, 5.74) is 11.7. The molecule has 3 nitrogen and oxygen atoms in total. The van der Waals surface area contributed by atoms with Gasteiger partial charge in [-0.1, -0.05) is 158 Å². The molecule has 0 bridgehead atoms. The maximum absolute atomic E-state index is 11.4. The maximum atomic E-state index is 11.4. The summed E-state index contributed by atoms with van der Waals surface area (Å²) in [4.78, 5) is 11.4. The molecule has 0 aliphatic rings. The summed E-state index contributed by atoms with van der Waals surface area (Å²) in [5, 5.41) is 6.67. The highest BCUT2D eigenvalue weighted by atomic mass is 31.1. The normalized spacial score (nSPS) is 11.5. The van der Waals surface area contributed by atoms with Gasteiger partial charge in [-0.2, -0.15) is 0 Å². The van der Waals surface area contributed by atoms with Crippen LogP contribution in [-0.2, 0) is 51.4 Å². The molecule has 0 aliphatic carbocycles. The molecule has 56 heavy (non-hydrogen) atoms. The first-order valence-electron chi connectivity index (χ1n) is 19.8. The molecular formula is C52H45O3P. The smallest absolute Gasteiger partial charge is 0.384 e. The Hall–Kier alpha value is -5.86. The molecule has 9 aromatic rings. The van der Waals surface area contributed by atoms with E-state index in [4.69, 9.17) is 8.39 Å². The number of fused-ring (bicyclic) bond motifs is 7. The van der Waals surface area contributed by atoms with Crippen LogP contribution < -0.4 is 0 Å². The summed E-state index contributed by atoms with van der Waals surface area (Å²) in [6, 6.07) is 61.0. The maximum Gasteiger partial charge on any atom is 0.384 e. The minimum absolute atomic E-state index is 0.677. The highest BCUT2D eigenvalue weighted by Crippen LogP contribution is 2.43. The monoisotopic (exact) mass is 748 g/mol. The number of rotatable bonds is 12. The fourth-order valence-electron chi connectivity index (χ4n) is 8.32. The van der Waals surface area contributed by atoms with Crippen LogP contribution in [0.15, 0.2) is 178 Å². The zero-order valence-electron chi connectivity index (χ0n) is 31.5. The van der Waals surface area contributed by atoms with Gasteiger partial charge in [-0.25, -0.2) is 0 Å². The fraction of sp³-hybridized carbons (Fsp3) is 0.154. The Morgan fingerprint density at radius 3 is 1.00 bits per heavy atom. The fourth-order valence-corrected chi connectivity index (χ4v) is 8.98. The van der Waals surface area contributed by atoms with Gasteiger partial charge in [-0.3, -0.25) is 4.89 Å². The van der Waals surface area contributed by atoms with Crippen LogP contribution >= 0.6 is 8.24 Å². The summed E-state index contributed by atoms with van der Waals surface area (Å²) in [6.07, 6.45) is 7.37. The molecule has 0 radical (unpaired) electrons. The zero-order valence-corrected chi connectivity index (χ0v) is 32.4. The molecule has 1 heterocycles. The van der Waals surface area contributed by atoms with E-state index < -0.39 is 8.24 Å². The standard InChI is InChI=1S/C52H45O3P/c53-56-54-49-35-43(29-25-39-17-9-3-10-18-39)47-33-41(23-21-37-13-5-1-6-14-37)27-31-45(47)51(49)52-46-32-28-42(24-22-38-15-7-2-8-16-38)34-48(46)44(36-50(52)55-56)30-26-40-19-11-4-12-20-40/h1-20,27-28,31-36,53H,21-26,29-30H2. The second-order valence-electron chi connectivity index (χ2n) is 14.9. The molecule has 0 unspecified atom stereocenters. The zero-order chi connectivity index (χ0) is 37.7. The lowest BCUT2D eigenvalue weighted by Gasteiger charge is -2.15. The van der Waals surface area contributed by atoms with E-state index in [-0.39, 0.29) is 0 Å². The first-order valence-corrected chi connectivity index (χ1v) is 21.0. The van der Waals surface area contributed by atoms with Gasteiger partial charge < -0.3 is 8.39 Å².